The average Bonchev–Trinajstić information content (AvgIpc) is 2.67. The summed E-state index contributed by atoms with van der Waals surface area (Å²) in [6.07, 6.45) is 1.01. The highest BCUT2D eigenvalue weighted by Gasteiger charge is 2.31. The number of rotatable bonds is 4. The third-order valence-electron chi connectivity index (χ3n) is 4.47. The first-order chi connectivity index (χ1) is 13.6. The molecule has 9 nitrogen and oxygen atoms in total. The number of amides is 1. The topological polar surface area (TPSA) is 122 Å². The predicted molar refractivity (Wildman–Crippen MR) is 99.0 cm³/mol. The van der Waals surface area contributed by atoms with Gasteiger partial charge in [-0.15, -0.1) is 0 Å². The molecule has 1 aromatic heterocycles. The number of anilines is 1. The molecule has 156 valence electrons. The minimum Gasteiger partial charge on any atom is -0.501 e. The highest BCUT2D eigenvalue weighted by molar-refractivity contribution is 7.92. The van der Waals surface area contributed by atoms with Crippen LogP contribution in [0.1, 0.15) is 28.9 Å². The summed E-state index contributed by atoms with van der Waals surface area (Å²) in [5, 5.41) is 12.4. The van der Waals surface area contributed by atoms with Gasteiger partial charge in [0, 0.05) is 20.1 Å². The van der Waals surface area contributed by atoms with E-state index in [2.05, 4.69) is 10.3 Å². The van der Waals surface area contributed by atoms with Crippen LogP contribution >= 0.6 is 0 Å². The lowest BCUT2D eigenvalue weighted by atomic mass is 10.2. The number of nitrogens with one attached hydrogen (secondary N) is 1. The standard InChI is InChI=1S/C17H18F2N4O5S/c1-22-16(26)14(24)13(21-17(22)23-6-2-3-7-29(23,27)28)15(25)20-9-10-4-5-11(18)12(19)8-10/h4-5,8,24H,2-3,6-7,9H2,1H3,(H,20,25). The van der Waals surface area contributed by atoms with Gasteiger partial charge in [-0.2, -0.15) is 0 Å². The highest BCUT2D eigenvalue weighted by atomic mass is 32.2. The van der Waals surface area contributed by atoms with E-state index in [1.807, 2.05) is 0 Å². The van der Waals surface area contributed by atoms with Crippen molar-refractivity contribution in [2.24, 2.45) is 7.05 Å². The quantitative estimate of drug-likeness (QED) is 0.737. The molecule has 3 rings (SSSR count). The highest BCUT2D eigenvalue weighted by Crippen LogP contribution is 2.22. The molecule has 0 unspecified atom stereocenters. The fourth-order valence-electron chi connectivity index (χ4n) is 2.89. The van der Waals surface area contributed by atoms with Gasteiger partial charge in [0.15, 0.2) is 17.3 Å². The van der Waals surface area contributed by atoms with Crippen LogP contribution in [-0.4, -0.2) is 41.3 Å². The molecule has 0 atom stereocenters. The molecule has 2 heterocycles. The number of sulfonamides is 1. The van der Waals surface area contributed by atoms with Crippen molar-refractivity contribution in [1.29, 1.82) is 0 Å². The zero-order valence-electron chi connectivity index (χ0n) is 15.4. The van der Waals surface area contributed by atoms with Gasteiger partial charge >= 0.3 is 0 Å². The summed E-state index contributed by atoms with van der Waals surface area (Å²) >= 11 is 0. The van der Waals surface area contributed by atoms with E-state index < -0.39 is 44.6 Å². The smallest absolute Gasteiger partial charge is 0.297 e. The van der Waals surface area contributed by atoms with Gasteiger partial charge in [-0.3, -0.25) is 14.2 Å². The molecule has 1 fully saturated rings. The van der Waals surface area contributed by atoms with E-state index in [0.717, 1.165) is 21.0 Å². The van der Waals surface area contributed by atoms with Gasteiger partial charge in [0.1, 0.15) is 0 Å². The Labute approximate surface area is 164 Å². The van der Waals surface area contributed by atoms with Crippen molar-refractivity contribution in [2.75, 3.05) is 16.6 Å². The fraction of sp³-hybridized carbons (Fsp3) is 0.353. The van der Waals surface area contributed by atoms with Crippen LogP contribution in [-0.2, 0) is 23.6 Å². The SMILES string of the molecule is Cn1c(N2CCCCS2(=O)=O)nc(C(=O)NCc2ccc(F)c(F)c2)c(O)c1=O. The van der Waals surface area contributed by atoms with E-state index in [0.29, 0.717) is 12.8 Å². The van der Waals surface area contributed by atoms with E-state index in [1.54, 1.807) is 0 Å². The third-order valence-corrected chi connectivity index (χ3v) is 6.29. The Hall–Kier alpha value is -3.02. The minimum absolute atomic E-state index is 0.0866. The summed E-state index contributed by atoms with van der Waals surface area (Å²) in [5.74, 6) is -4.47. The van der Waals surface area contributed by atoms with Crippen molar-refractivity contribution < 1.29 is 27.1 Å². The molecule has 12 heteroatoms. The Morgan fingerprint density at radius 1 is 1.28 bits per heavy atom. The first-order valence-corrected chi connectivity index (χ1v) is 10.3. The predicted octanol–water partition coefficient (Wildman–Crippen LogP) is 0.624. The summed E-state index contributed by atoms with van der Waals surface area (Å²) in [5.41, 5.74) is -1.42. The van der Waals surface area contributed by atoms with Gasteiger partial charge in [-0.25, -0.2) is 26.5 Å². The van der Waals surface area contributed by atoms with Crippen LogP contribution in [0.3, 0.4) is 0 Å². The maximum atomic E-state index is 13.3. The van der Waals surface area contributed by atoms with Crippen LogP contribution in [0.5, 0.6) is 5.75 Å². The molecular formula is C17H18F2N4O5S. The summed E-state index contributed by atoms with van der Waals surface area (Å²) in [7, 11) is -2.48. The molecule has 1 amide bonds. The molecule has 1 saturated heterocycles. The van der Waals surface area contributed by atoms with E-state index >= 15 is 0 Å². The van der Waals surface area contributed by atoms with E-state index in [9.17, 15) is 31.9 Å². The number of halogens is 2. The fourth-order valence-corrected chi connectivity index (χ4v) is 4.50. The number of carbonyl (C=O) groups is 1. The number of benzene rings is 1. The monoisotopic (exact) mass is 428 g/mol. The molecule has 0 bridgehead atoms. The van der Waals surface area contributed by atoms with Crippen molar-refractivity contribution in [3.05, 3.63) is 51.4 Å². The van der Waals surface area contributed by atoms with Gasteiger partial charge in [-0.1, -0.05) is 6.07 Å². The Bertz CT molecular complexity index is 1130. The van der Waals surface area contributed by atoms with E-state index in [-0.39, 0.29) is 30.4 Å². The number of aromatic hydroxyl groups is 1. The van der Waals surface area contributed by atoms with Gasteiger partial charge in [0.25, 0.3) is 11.5 Å². The largest absolute Gasteiger partial charge is 0.501 e. The average molecular weight is 428 g/mol. The van der Waals surface area contributed by atoms with Crippen LogP contribution < -0.4 is 15.2 Å². The molecule has 2 aromatic rings. The number of aromatic nitrogens is 2. The van der Waals surface area contributed by atoms with Crippen LogP contribution in [0.2, 0.25) is 0 Å². The van der Waals surface area contributed by atoms with Crippen molar-refractivity contribution in [1.82, 2.24) is 14.9 Å². The van der Waals surface area contributed by atoms with Crippen LogP contribution in [0.4, 0.5) is 14.7 Å². The maximum Gasteiger partial charge on any atom is 0.297 e. The maximum absolute atomic E-state index is 13.3. The van der Waals surface area contributed by atoms with E-state index in [1.165, 1.54) is 13.1 Å². The molecule has 0 saturated carbocycles. The number of nitrogens with zero attached hydrogens (tertiary/aromatic N) is 3. The molecule has 2 N–H and O–H groups in total. The Morgan fingerprint density at radius 2 is 2.00 bits per heavy atom. The Balaban J connectivity index is 1.92. The lowest BCUT2D eigenvalue weighted by molar-refractivity contribution is 0.0942. The van der Waals surface area contributed by atoms with Gasteiger partial charge in [0.05, 0.1) is 5.75 Å². The van der Waals surface area contributed by atoms with Gasteiger partial charge < -0.3 is 10.4 Å². The van der Waals surface area contributed by atoms with Crippen molar-refractivity contribution >= 4 is 21.9 Å². The Morgan fingerprint density at radius 3 is 2.66 bits per heavy atom. The lowest BCUT2D eigenvalue weighted by Crippen LogP contribution is -2.42. The zero-order valence-corrected chi connectivity index (χ0v) is 16.2. The van der Waals surface area contributed by atoms with Gasteiger partial charge in [-0.05, 0) is 30.5 Å². The second-order valence-corrected chi connectivity index (χ2v) is 8.51. The second-order valence-electron chi connectivity index (χ2n) is 6.50. The third kappa shape index (κ3) is 4.06. The Kier molecular flexibility index (Phi) is 5.55. The summed E-state index contributed by atoms with van der Waals surface area (Å²) in [4.78, 5) is 28.6. The minimum atomic E-state index is -3.71. The molecule has 0 aliphatic carbocycles. The summed E-state index contributed by atoms with van der Waals surface area (Å²) in [6, 6.07) is 3.03. The number of hydrogen-bond acceptors (Lipinski definition) is 6. The summed E-state index contributed by atoms with van der Waals surface area (Å²) in [6.45, 7) is -0.146. The molecule has 1 aliphatic rings. The van der Waals surface area contributed by atoms with Crippen LogP contribution in [0, 0.1) is 11.6 Å². The summed E-state index contributed by atoms with van der Waals surface area (Å²) < 4.78 is 52.7. The molecular weight excluding hydrogens is 410 g/mol. The first-order valence-electron chi connectivity index (χ1n) is 8.64. The molecule has 0 spiro atoms. The van der Waals surface area contributed by atoms with Gasteiger partial charge in [0.2, 0.25) is 21.7 Å². The first kappa shape index (κ1) is 20.7. The normalized spacial score (nSPS) is 15.9. The number of hydrogen-bond donors (Lipinski definition) is 2. The van der Waals surface area contributed by atoms with E-state index in [4.69, 9.17) is 0 Å². The van der Waals surface area contributed by atoms with Crippen molar-refractivity contribution in [3.63, 3.8) is 0 Å². The second kappa shape index (κ2) is 7.78. The molecule has 0 radical (unpaired) electrons. The van der Waals surface area contributed by atoms with Crippen LogP contribution in [0.25, 0.3) is 0 Å². The van der Waals surface area contributed by atoms with Crippen molar-refractivity contribution in [2.45, 2.75) is 19.4 Å². The zero-order chi connectivity index (χ0) is 21.3. The number of carbonyl (C=O) groups excluding carboxylic acids is 1. The van der Waals surface area contributed by atoms with Crippen LogP contribution in [0.15, 0.2) is 23.0 Å². The lowest BCUT2D eigenvalue weighted by Gasteiger charge is -2.28. The molecule has 1 aromatic carbocycles. The molecule has 29 heavy (non-hydrogen) atoms. The molecule has 1 aliphatic heterocycles. The van der Waals surface area contributed by atoms with Crippen molar-refractivity contribution in [3.8, 4) is 5.75 Å².